The second-order valence-corrected chi connectivity index (χ2v) is 5.29. The van der Waals surface area contributed by atoms with E-state index in [2.05, 4.69) is 0 Å². The van der Waals surface area contributed by atoms with Crippen LogP contribution in [0.3, 0.4) is 0 Å². The molecule has 0 spiro atoms. The number of carboxylic acid groups (broad SMARTS) is 1. The Kier molecular flexibility index (Phi) is 7.28. The molecule has 1 fully saturated rings. The van der Waals surface area contributed by atoms with Gasteiger partial charge in [-0.05, 0) is 45.2 Å². The lowest BCUT2D eigenvalue weighted by Gasteiger charge is -2.24. The van der Waals surface area contributed by atoms with Gasteiger partial charge in [0.25, 0.3) is 0 Å². The van der Waals surface area contributed by atoms with Crippen LogP contribution in [-0.4, -0.2) is 48.8 Å². The van der Waals surface area contributed by atoms with Crippen LogP contribution in [0.15, 0.2) is 0 Å². The molecule has 0 aromatic rings. The third kappa shape index (κ3) is 5.36. The average molecular weight is 257 g/mol. The van der Waals surface area contributed by atoms with Crippen LogP contribution in [0.2, 0.25) is 0 Å². The van der Waals surface area contributed by atoms with Gasteiger partial charge in [-0.3, -0.25) is 9.69 Å². The Morgan fingerprint density at radius 1 is 1.39 bits per heavy atom. The first-order valence-electron chi connectivity index (χ1n) is 7.16. The van der Waals surface area contributed by atoms with E-state index in [9.17, 15) is 4.79 Å². The zero-order chi connectivity index (χ0) is 13.4. The van der Waals surface area contributed by atoms with Gasteiger partial charge < -0.3 is 9.84 Å². The van der Waals surface area contributed by atoms with E-state index in [1.54, 1.807) is 0 Å². The SMILES string of the molecule is CCC(C(=O)O)N(C)CCCCC1CCOCC1. The van der Waals surface area contributed by atoms with E-state index in [0.29, 0.717) is 6.42 Å². The second kappa shape index (κ2) is 8.48. The van der Waals surface area contributed by atoms with E-state index >= 15 is 0 Å². The predicted octanol–water partition coefficient (Wildman–Crippen LogP) is 2.38. The number of rotatable bonds is 8. The van der Waals surface area contributed by atoms with Crippen molar-refractivity contribution in [1.82, 2.24) is 4.90 Å². The van der Waals surface area contributed by atoms with Crippen molar-refractivity contribution in [2.24, 2.45) is 5.92 Å². The summed E-state index contributed by atoms with van der Waals surface area (Å²) in [5, 5.41) is 9.05. The van der Waals surface area contributed by atoms with Gasteiger partial charge >= 0.3 is 5.97 Å². The minimum Gasteiger partial charge on any atom is -0.480 e. The van der Waals surface area contributed by atoms with Crippen LogP contribution in [-0.2, 0) is 9.53 Å². The summed E-state index contributed by atoms with van der Waals surface area (Å²) < 4.78 is 5.34. The van der Waals surface area contributed by atoms with Crippen molar-refractivity contribution in [1.29, 1.82) is 0 Å². The van der Waals surface area contributed by atoms with Crippen LogP contribution in [0, 0.1) is 5.92 Å². The molecule has 0 radical (unpaired) electrons. The van der Waals surface area contributed by atoms with Crippen LogP contribution in [0.4, 0.5) is 0 Å². The van der Waals surface area contributed by atoms with Crippen molar-refractivity contribution >= 4 is 5.97 Å². The molecule has 0 bridgehead atoms. The van der Waals surface area contributed by atoms with Gasteiger partial charge in [-0.15, -0.1) is 0 Å². The van der Waals surface area contributed by atoms with Crippen LogP contribution in [0.1, 0.15) is 45.4 Å². The van der Waals surface area contributed by atoms with Gasteiger partial charge in [0, 0.05) is 13.2 Å². The normalized spacial score (nSPS) is 19.1. The van der Waals surface area contributed by atoms with E-state index in [1.165, 1.54) is 25.7 Å². The molecule has 1 aliphatic rings. The molecule has 106 valence electrons. The Bertz CT molecular complexity index is 239. The Morgan fingerprint density at radius 2 is 2.06 bits per heavy atom. The number of nitrogens with zero attached hydrogens (tertiary/aromatic N) is 1. The van der Waals surface area contributed by atoms with E-state index in [4.69, 9.17) is 9.84 Å². The molecule has 0 amide bonds. The van der Waals surface area contributed by atoms with Gasteiger partial charge in [0.15, 0.2) is 0 Å². The first-order valence-corrected chi connectivity index (χ1v) is 7.16. The fraction of sp³-hybridized carbons (Fsp3) is 0.929. The summed E-state index contributed by atoms with van der Waals surface area (Å²) in [5.41, 5.74) is 0. The number of carbonyl (C=O) groups is 1. The van der Waals surface area contributed by atoms with Crippen molar-refractivity contribution in [2.75, 3.05) is 26.8 Å². The van der Waals surface area contributed by atoms with Crippen LogP contribution in [0.25, 0.3) is 0 Å². The number of hydrogen-bond donors (Lipinski definition) is 1. The number of carboxylic acids is 1. The highest BCUT2D eigenvalue weighted by molar-refractivity contribution is 5.73. The van der Waals surface area contributed by atoms with Gasteiger partial charge in [-0.25, -0.2) is 0 Å². The highest BCUT2D eigenvalue weighted by atomic mass is 16.5. The van der Waals surface area contributed by atoms with E-state index in [0.717, 1.165) is 32.1 Å². The molecule has 4 nitrogen and oxygen atoms in total. The van der Waals surface area contributed by atoms with Gasteiger partial charge in [-0.2, -0.15) is 0 Å². The molecule has 0 aromatic carbocycles. The zero-order valence-corrected chi connectivity index (χ0v) is 11.7. The van der Waals surface area contributed by atoms with Crippen molar-refractivity contribution in [3.8, 4) is 0 Å². The molecule has 0 aromatic heterocycles. The first-order chi connectivity index (χ1) is 8.65. The van der Waals surface area contributed by atoms with Crippen molar-refractivity contribution in [2.45, 2.75) is 51.5 Å². The zero-order valence-electron chi connectivity index (χ0n) is 11.7. The maximum atomic E-state index is 11.0. The summed E-state index contributed by atoms with van der Waals surface area (Å²) in [7, 11) is 1.91. The van der Waals surface area contributed by atoms with Crippen LogP contribution >= 0.6 is 0 Å². The summed E-state index contributed by atoms with van der Waals surface area (Å²) in [5.74, 6) is 0.120. The Morgan fingerprint density at radius 3 is 2.61 bits per heavy atom. The van der Waals surface area contributed by atoms with Gasteiger partial charge in [-0.1, -0.05) is 19.8 Å². The minimum atomic E-state index is -0.704. The molecule has 1 heterocycles. The topological polar surface area (TPSA) is 49.8 Å². The van der Waals surface area contributed by atoms with Gasteiger partial charge in [0.2, 0.25) is 0 Å². The van der Waals surface area contributed by atoms with E-state index in [1.807, 2.05) is 18.9 Å². The molecular weight excluding hydrogens is 230 g/mol. The second-order valence-electron chi connectivity index (χ2n) is 5.29. The van der Waals surface area contributed by atoms with Crippen molar-refractivity contribution in [3.05, 3.63) is 0 Å². The smallest absolute Gasteiger partial charge is 0.320 e. The molecule has 1 saturated heterocycles. The Labute approximate surface area is 110 Å². The van der Waals surface area contributed by atoms with E-state index in [-0.39, 0.29) is 6.04 Å². The lowest BCUT2D eigenvalue weighted by atomic mass is 9.94. The number of ether oxygens (including phenoxy) is 1. The highest BCUT2D eigenvalue weighted by Gasteiger charge is 2.20. The van der Waals surface area contributed by atoms with Crippen molar-refractivity contribution in [3.63, 3.8) is 0 Å². The highest BCUT2D eigenvalue weighted by Crippen LogP contribution is 2.20. The lowest BCUT2D eigenvalue weighted by molar-refractivity contribution is -0.142. The molecule has 1 unspecified atom stereocenters. The lowest BCUT2D eigenvalue weighted by Crippen LogP contribution is -2.38. The number of unbranched alkanes of at least 4 members (excludes halogenated alkanes) is 1. The number of aliphatic carboxylic acids is 1. The molecule has 1 aliphatic heterocycles. The third-order valence-electron chi connectivity index (χ3n) is 3.92. The summed E-state index contributed by atoms with van der Waals surface area (Å²) in [6, 6.07) is -0.326. The summed E-state index contributed by atoms with van der Waals surface area (Å²) in [4.78, 5) is 13.0. The Hall–Kier alpha value is -0.610. The van der Waals surface area contributed by atoms with Crippen molar-refractivity contribution < 1.29 is 14.6 Å². The molecule has 1 N–H and O–H groups in total. The molecule has 1 rings (SSSR count). The van der Waals surface area contributed by atoms with Gasteiger partial charge in [0.05, 0.1) is 0 Å². The maximum Gasteiger partial charge on any atom is 0.320 e. The monoisotopic (exact) mass is 257 g/mol. The fourth-order valence-electron chi connectivity index (χ4n) is 2.66. The fourth-order valence-corrected chi connectivity index (χ4v) is 2.66. The minimum absolute atomic E-state index is 0.326. The standard InChI is InChI=1S/C14H27NO3/c1-3-13(14(16)17)15(2)9-5-4-6-12-7-10-18-11-8-12/h12-13H,3-11H2,1-2H3,(H,16,17). The largest absolute Gasteiger partial charge is 0.480 e. The quantitative estimate of drug-likeness (QED) is 0.678. The average Bonchev–Trinajstić information content (AvgIpc) is 2.36. The van der Waals surface area contributed by atoms with Crippen LogP contribution in [0.5, 0.6) is 0 Å². The van der Waals surface area contributed by atoms with Gasteiger partial charge in [0.1, 0.15) is 6.04 Å². The molecular formula is C14H27NO3. The number of hydrogen-bond acceptors (Lipinski definition) is 3. The maximum absolute atomic E-state index is 11.0. The first kappa shape index (κ1) is 15.4. The summed E-state index contributed by atoms with van der Waals surface area (Å²) >= 11 is 0. The summed E-state index contributed by atoms with van der Waals surface area (Å²) in [6.45, 7) is 4.65. The number of likely N-dealkylation sites (N-methyl/N-ethyl adjacent to an activating group) is 1. The molecule has 4 heteroatoms. The van der Waals surface area contributed by atoms with Crippen LogP contribution < -0.4 is 0 Å². The molecule has 0 aliphatic carbocycles. The predicted molar refractivity (Wildman–Crippen MR) is 71.7 cm³/mol. The molecule has 0 saturated carbocycles. The third-order valence-corrected chi connectivity index (χ3v) is 3.92. The Balaban J connectivity index is 2.10. The summed E-state index contributed by atoms with van der Waals surface area (Å²) in [6.07, 6.45) is 6.63. The molecule has 18 heavy (non-hydrogen) atoms. The van der Waals surface area contributed by atoms with E-state index < -0.39 is 5.97 Å². The molecule has 1 atom stereocenters.